The van der Waals surface area contributed by atoms with E-state index < -0.39 is 18.3 Å². The van der Waals surface area contributed by atoms with E-state index in [0.29, 0.717) is 0 Å². The van der Waals surface area contributed by atoms with Gasteiger partial charge in [-0.25, -0.2) is 8.42 Å². The van der Waals surface area contributed by atoms with Crippen molar-refractivity contribution in [2.24, 2.45) is 0 Å². The average Bonchev–Trinajstić information content (AvgIpc) is 2.17. The van der Waals surface area contributed by atoms with Gasteiger partial charge in [0.1, 0.15) is 0 Å². The van der Waals surface area contributed by atoms with Crippen LogP contribution in [0, 0.1) is 0 Å². The minimum atomic E-state index is -5.56. The molecule has 9 heteroatoms. The molecular weight excluding hydrogens is 279 g/mol. The smallest absolute Gasteiger partial charge is 0.734 e. The summed E-state index contributed by atoms with van der Waals surface area (Å²) in [5.41, 5.74) is 1.17. The molecule has 0 radical (unpaired) electrons. The van der Waals surface area contributed by atoms with E-state index in [1.54, 1.807) is 0 Å². The molecule has 17 heavy (non-hydrogen) atoms. The molecule has 0 atom stereocenters. The Morgan fingerprint density at radius 2 is 1.47 bits per heavy atom. The van der Waals surface area contributed by atoms with Gasteiger partial charge in [0, 0.05) is 0 Å². The van der Waals surface area contributed by atoms with Crippen molar-refractivity contribution in [2.45, 2.75) is 0 Å². The molecule has 6 nitrogen and oxygen atoms in total. The predicted octanol–water partition coefficient (Wildman–Crippen LogP) is -2.33. The van der Waals surface area contributed by atoms with Crippen molar-refractivity contribution in [3.05, 3.63) is 42.5 Å². The summed E-state index contributed by atoms with van der Waals surface area (Å²) in [6.45, 7) is 3.63. The van der Waals surface area contributed by atoms with E-state index in [-0.39, 0.29) is 29.6 Å². The molecule has 1 N–H and O–H groups in total. The Labute approximate surface area is 122 Å². The van der Waals surface area contributed by atoms with Crippen LogP contribution in [0.15, 0.2) is 36.9 Å². The average molecular weight is 288 g/mol. The van der Waals surface area contributed by atoms with Crippen LogP contribution >= 0.6 is 0 Å². The third-order valence-corrected chi connectivity index (χ3v) is 3.36. The Hall–Kier alpha value is -0.220. The summed E-state index contributed by atoms with van der Waals surface area (Å²) in [4.78, 5) is 0. The first-order valence-electron chi connectivity index (χ1n) is 3.79. The minimum absolute atomic E-state index is 0. The van der Waals surface area contributed by atoms with E-state index in [9.17, 15) is 21.4 Å². The molecule has 0 bridgehead atoms. The van der Waals surface area contributed by atoms with E-state index in [1.807, 2.05) is 36.4 Å². The van der Waals surface area contributed by atoms with E-state index >= 15 is 0 Å². The van der Waals surface area contributed by atoms with Gasteiger partial charge in [-0.05, 0) is 5.56 Å². The molecule has 0 saturated carbocycles. The van der Waals surface area contributed by atoms with E-state index in [0.717, 1.165) is 0 Å². The molecular formula is C8H9NaO6S2. The number of hydrogen-bond acceptors (Lipinski definition) is 5. The first-order chi connectivity index (χ1) is 7.18. The Morgan fingerprint density at radius 1 is 1.12 bits per heavy atom. The molecule has 0 spiro atoms. The van der Waals surface area contributed by atoms with Crippen LogP contribution in [-0.4, -0.2) is 25.9 Å². The van der Waals surface area contributed by atoms with Crippen molar-refractivity contribution in [3.63, 3.8) is 0 Å². The number of benzene rings is 1. The van der Waals surface area contributed by atoms with Gasteiger partial charge in [-0.1, -0.05) is 43.0 Å². The van der Waals surface area contributed by atoms with Crippen molar-refractivity contribution in [1.82, 2.24) is 0 Å². The van der Waals surface area contributed by atoms with Gasteiger partial charge < -0.3 is 4.55 Å². The van der Waals surface area contributed by atoms with Crippen LogP contribution in [0.5, 0.6) is 0 Å². The van der Waals surface area contributed by atoms with Crippen LogP contribution in [0.3, 0.4) is 0 Å². The van der Waals surface area contributed by atoms with E-state index in [2.05, 4.69) is 6.58 Å². The Kier molecular flexibility index (Phi) is 8.98. The zero-order valence-corrected chi connectivity index (χ0v) is 12.6. The first kappa shape index (κ1) is 19.1. The van der Waals surface area contributed by atoms with Crippen molar-refractivity contribution >= 4 is 24.4 Å². The Morgan fingerprint density at radius 3 is 1.65 bits per heavy atom. The van der Waals surface area contributed by atoms with Crippen LogP contribution in [0.2, 0.25) is 0 Å². The van der Waals surface area contributed by atoms with Crippen LogP contribution in [0.4, 0.5) is 0 Å². The van der Waals surface area contributed by atoms with Crippen molar-refractivity contribution in [1.29, 1.82) is 0 Å². The zero-order chi connectivity index (χ0) is 12.8. The summed E-state index contributed by atoms with van der Waals surface area (Å²) in [6, 6.07) is 10.0. The van der Waals surface area contributed by atoms with Gasteiger partial charge in [-0.2, -0.15) is 8.42 Å². The fraction of sp³-hybridized carbons (Fsp3) is 0. The molecule has 0 aliphatic carbocycles. The SMILES string of the molecule is C=Cc1ccccc1.O=S(=O)([O-])S(=O)(=O)O.[Na+]. The first-order valence-corrected chi connectivity index (χ1v) is 7.16. The van der Waals surface area contributed by atoms with Gasteiger partial charge in [-0.3, -0.25) is 4.55 Å². The third-order valence-electron chi connectivity index (χ3n) is 1.29. The summed E-state index contributed by atoms with van der Waals surface area (Å²) in [6.07, 6.45) is 1.83. The largest absolute Gasteiger partial charge is 1.00 e. The molecule has 0 unspecified atom stereocenters. The fourth-order valence-electron chi connectivity index (χ4n) is 0.589. The topological polar surface area (TPSA) is 112 Å². The zero-order valence-electron chi connectivity index (χ0n) is 8.98. The molecule has 1 aromatic carbocycles. The van der Waals surface area contributed by atoms with Crippen LogP contribution in [0.1, 0.15) is 5.56 Å². The standard InChI is InChI=1S/C8H8.Na.H2O6S2/c1-2-8-6-4-3-5-7-8;;1-7(2,3)8(4,5)6/h2-7H,1H2;;(H,1,2,3)(H,4,5,6)/q;+1;/p-1. The molecule has 0 aliphatic rings. The number of rotatable bonds is 2. The van der Waals surface area contributed by atoms with Gasteiger partial charge in [-0.15, -0.1) is 0 Å². The summed E-state index contributed by atoms with van der Waals surface area (Å²) >= 11 is 0. The summed E-state index contributed by atoms with van der Waals surface area (Å²) in [5.74, 6) is 0. The Balaban J connectivity index is 0. The summed E-state index contributed by atoms with van der Waals surface area (Å²) in [5, 5.41) is 0. The van der Waals surface area contributed by atoms with Crippen molar-refractivity contribution in [2.75, 3.05) is 0 Å². The monoisotopic (exact) mass is 288 g/mol. The van der Waals surface area contributed by atoms with Crippen LogP contribution in [0.25, 0.3) is 6.08 Å². The van der Waals surface area contributed by atoms with Gasteiger partial charge >= 0.3 is 38.7 Å². The van der Waals surface area contributed by atoms with Crippen molar-refractivity contribution < 1.29 is 55.5 Å². The quantitative estimate of drug-likeness (QED) is 0.371. The van der Waals surface area contributed by atoms with Crippen LogP contribution in [-0.2, 0) is 18.3 Å². The number of hydrogen-bond donors (Lipinski definition) is 1. The van der Waals surface area contributed by atoms with Crippen LogP contribution < -0.4 is 29.6 Å². The minimum Gasteiger partial charge on any atom is -0.734 e. The second-order valence-corrected chi connectivity index (χ2v) is 6.61. The van der Waals surface area contributed by atoms with Gasteiger partial charge in [0.2, 0.25) is 9.15 Å². The molecule has 0 fully saturated rings. The molecule has 0 aliphatic heterocycles. The maximum Gasteiger partial charge on any atom is 1.00 e. The van der Waals surface area contributed by atoms with E-state index in [1.165, 1.54) is 5.56 Å². The molecule has 0 heterocycles. The predicted molar refractivity (Wildman–Crippen MR) is 57.8 cm³/mol. The van der Waals surface area contributed by atoms with E-state index in [4.69, 9.17) is 4.55 Å². The maximum absolute atomic E-state index is 9.31. The normalized spacial score (nSPS) is 10.5. The Bertz CT molecular complexity index is 505. The molecule has 90 valence electrons. The fourth-order valence-corrected chi connectivity index (χ4v) is 0.589. The van der Waals surface area contributed by atoms with Gasteiger partial charge in [0.25, 0.3) is 0 Å². The molecule has 0 amide bonds. The second-order valence-electron chi connectivity index (χ2n) is 2.45. The van der Waals surface area contributed by atoms with Gasteiger partial charge in [0.05, 0.1) is 0 Å². The summed E-state index contributed by atoms with van der Waals surface area (Å²) < 4.78 is 53.8. The molecule has 1 aromatic rings. The van der Waals surface area contributed by atoms with Crippen molar-refractivity contribution in [3.8, 4) is 0 Å². The van der Waals surface area contributed by atoms with Gasteiger partial charge in [0.15, 0.2) is 0 Å². The molecule has 0 aromatic heterocycles. The maximum atomic E-state index is 9.31. The summed E-state index contributed by atoms with van der Waals surface area (Å²) in [7, 11) is -11.0. The molecule has 0 saturated heterocycles. The second kappa shape index (κ2) is 7.98. The third kappa shape index (κ3) is 8.50. The molecule has 1 rings (SSSR count).